The molecule has 0 aromatic heterocycles. The van der Waals surface area contributed by atoms with Gasteiger partial charge in [-0.1, -0.05) is 12.1 Å². The summed E-state index contributed by atoms with van der Waals surface area (Å²) in [5.41, 5.74) is 0.916. The monoisotopic (exact) mass is 321 g/mol. The lowest BCUT2D eigenvalue weighted by Gasteiger charge is -2.28. The number of benzene rings is 1. The predicted octanol–water partition coefficient (Wildman–Crippen LogP) is 1.93. The van der Waals surface area contributed by atoms with Crippen LogP contribution in [0.1, 0.15) is 30.7 Å². The fraction of sp³-hybridized carbons (Fsp3) is 0.529. The molecule has 0 unspecified atom stereocenters. The van der Waals surface area contributed by atoms with Crippen LogP contribution in [0.5, 0.6) is 0 Å². The molecule has 0 spiro atoms. The fourth-order valence-corrected chi connectivity index (χ4v) is 3.23. The molecule has 3 rings (SSSR count). The maximum atomic E-state index is 12.9. The van der Waals surface area contributed by atoms with E-state index in [1.807, 2.05) is 0 Å². The van der Waals surface area contributed by atoms with Gasteiger partial charge in [0.05, 0.1) is 6.61 Å². The molecule has 1 aliphatic heterocycles. The van der Waals surface area contributed by atoms with E-state index < -0.39 is 12.0 Å². The van der Waals surface area contributed by atoms with Crippen LogP contribution >= 0.6 is 0 Å². The van der Waals surface area contributed by atoms with Gasteiger partial charge in [0.2, 0.25) is 5.91 Å². The lowest BCUT2D eigenvalue weighted by Crippen LogP contribution is -2.49. The van der Waals surface area contributed by atoms with E-state index in [0.717, 1.165) is 18.4 Å². The van der Waals surface area contributed by atoms with Crippen LogP contribution < -0.4 is 5.32 Å². The van der Waals surface area contributed by atoms with E-state index in [9.17, 15) is 19.1 Å². The smallest absolute Gasteiger partial charge is 0.326 e. The molecule has 0 bridgehead atoms. The number of carboxylic acids is 1. The first-order chi connectivity index (χ1) is 11.1. The summed E-state index contributed by atoms with van der Waals surface area (Å²) in [6.45, 7) is 1.01. The van der Waals surface area contributed by atoms with Crippen molar-refractivity contribution in [2.24, 2.45) is 11.8 Å². The van der Waals surface area contributed by atoms with Crippen LogP contribution in [-0.4, -0.2) is 36.2 Å². The number of hydrogen-bond donors (Lipinski definition) is 2. The molecule has 1 aromatic rings. The highest BCUT2D eigenvalue weighted by Gasteiger charge is 2.45. The number of amides is 1. The van der Waals surface area contributed by atoms with Gasteiger partial charge in [0.1, 0.15) is 11.9 Å². The summed E-state index contributed by atoms with van der Waals surface area (Å²) in [4.78, 5) is 23.8. The normalized spacial score (nSPS) is 28.0. The quantitative estimate of drug-likeness (QED) is 0.869. The Morgan fingerprint density at radius 1 is 1.30 bits per heavy atom. The van der Waals surface area contributed by atoms with E-state index in [1.54, 1.807) is 12.1 Å². The SMILES string of the molecule is O=C(N[C@H](C(=O)O)[C@@H]1CCCOC1)[C@H]1C[C@@H]1c1ccc(F)cc1. The topological polar surface area (TPSA) is 75.6 Å². The van der Waals surface area contributed by atoms with Crippen LogP contribution in [0.4, 0.5) is 4.39 Å². The first-order valence-corrected chi connectivity index (χ1v) is 7.92. The fourth-order valence-electron chi connectivity index (χ4n) is 3.23. The summed E-state index contributed by atoms with van der Waals surface area (Å²) in [5.74, 6) is -1.93. The molecule has 124 valence electrons. The van der Waals surface area contributed by atoms with Crippen LogP contribution in [-0.2, 0) is 14.3 Å². The number of carboxylic acid groups (broad SMARTS) is 1. The Kier molecular flexibility index (Phi) is 4.61. The van der Waals surface area contributed by atoms with Crippen LogP contribution in [0.2, 0.25) is 0 Å². The van der Waals surface area contributed by atoms with Crippen molar-refractivity contribution in [2.45, 2.75) is 31.2 Å². The highest BCUT2D eigenvalue weighted by Crippen LogP contribution is 2.47. The van der Waals surface area contributed by atoms with E-state index >= 15 is 0 Å². The second-order valence-corrected chi connectivity index (χ2v) is 6.30. The Hall–Kier alpha value is -1.95. The highest BCUT2D eigenvalue weighted by atomic mass is 19.1. The van der Waals surface area contributed by atoms with E-state index in [1.165, 1.54) is 12.1 Å². The third-order valence-electron chi connectivity index (χ3n) is 4.66. The zero-order chi connectivity index (χ0) is 16.4. The van der Waals surface area contributed by atoms with Crippen molar-refractivity contribution >= 4 is 11.9 Å². The minimum absolute atomic E-state index is 0.0488. The van der Waals surface area contributed by atoms with Gasteiger partial charge in [0.15, 0.2) is 0 Å². The standard InChI is InChI=1S/C17H20FNO4/c18-12-5-3-10(4-6-12)13-8-14(13)16(20)19-15(17(21)22)11-2-1-7-23-9-11/h3-6,11,13-15H,1-2,7-9H2,(H,19,20)(H,21,22)/t11-,13-,14+,15+/m1/s1. The zero-order valence-corrected chi connectivity index (χ0v) is 12.7. The maximum Gasteiger partial charge on any atom is 0.326 e. The molecule has 2 N–H and O–H groups in total. The van der Waals surface area contributed by atoms with Gasteiger partial charge in [-0.2, -0.15) is 0 Å². The summed E-state index contributed by atoms with van der Waals surface area (Å²) >= 11 is 0. The molecule has 1 saturated carbocycles. The minimum Gasteiger partial charge on any atom is -0.480 e. The molecule has 23 heavy (non-hydrogen) atoms. The Balaban J connectivity index is 1.59. The first kappa shape index (κ1) is 15.9. The van der Waals surface area contributed by atoms with Crippen LogP contribution in [0.3, 0.4) is 0 Å². The van der Waals surface area contributed by atoms with E-state index in [0.29, 0.717) is 19.6 Å². The molecule has 1 saturated heterocycles. The summed E-state index contributed by atoms with van der Waals surface area (Å²) in [6.07, 6.45) is 2.22. The van der Waals surface area contributed by atoms with Crippen molar-refractivity contribution in [1.29, 1.82) is 0 Å². The van der Waals surface area contributed by atoms with Crippen LogP contribution in [0, 0.1) is 17.7 Å². The second-order valence-electron chi connectivity index (χ2n) is 6.30. The highest BCUT2D eigenvalue weighted by molar-refractivity contribution is 5.87. The zero-order valence-electron chi connectivity index (χ0n) is 12.7. The number of aliphatic carboxylic acids is 1. The lowest BCUT2D eigenvalue weighted by molar-refractivity contribution is -0.145. The Bertz CT molecular complexity index is 583. The van der Waals surface area contributed by atoms with Crippen molar-refractivity contribution in [3.8, 4) is 0 Å². The Morgan fingerprint density at radius 2 is 2.04 bits per heavy atom. The van der Waals surface area contributed by atoms with Gasteiger partial charge in [-0.3, -0.25) is 4.79 Å². The number of carbonyl (C=O) groups is 2. The summed E-state index contributed by atoms with van der Waals surface area (Å²) in [7, 11) is 0. The predicted molar refractivity (Wildman–Crippen MR) is 80.4 cm³/mol. The van der Waals surface area contributed by atoms with Gasteiger partial charge in [0.25, 0.3) is 0 Å². The number of hydrogen-bond acceptors (Lipinski definition) is 3. The molecule has 6 heteroatoms. The third-order valence-corrected chi connectivity index (χ3v) is 4.66. The van der Waals surface area contributed by atoms with Crippen LogP contribution in [0.25, 0.3) is 0 Å². The maximum absolute atomic E-state index is 12.9. The summed E-state index contributed by atoms with van der Waals surface area (Å²) in [6, 6.07) is 5.20. The van der Waals surface area contributed by atoms with E-state index in [-0.39, 0.29) is 29.5 Å². The largest absolute Gasteiger partial charge is 0.480 e. The van der Waals surface area contributed by atoms with Crippen LogP contribution in [0.15, 0.2) is 24.3 Å². The molecule has 1 aliphatic carbocycles. The summed E-state index contributed by atoms with van der Waals surface area (Å²) in [5, 5.41) is 12.0. The molecule has 5 nitrogen and oxygen atoms in total. The van der Waals surface area contributed by atoms with Crippen molar-refractivity contribution in [2.75, 3.05) is 13.2 Å². The number of carbonyl (C=O) groups excluding carboxylic acids is 1. The van der Waals surface area contributed by atoms with Crippen molar-refractivity contribution in [3.05, 3.63) is 35.6 Å². The van der Waals surface area contributed by atoms with E-state index in [2.05, 4.69) is 5.32 Å². The minimum atomic E-state index is -1.02. The van der Waals surface area contributed by atoms with Gasteiger partial charge in [-0.15, -0.1) is 0 Å². The van der Waals surface area contributed by atoms with Gasteiger partial charge >= 0.3 is 5.97 Å². The Labute approximate surface area is 133 Å². The van der Waals surface area contributed by atoms with Gasteiger partial charge < -0.3 is 15.2 Å². The molecule has 2 fully saturated rings. The average molecular weight is 321 g/mol. The van der Waals surface area contributed by atoms with Gasteiger partial charge in [0, 0.05) is 18.4 Å². The molecule has 2 aliphatic rings. The molecule has 1 amide bonds. The van der Waals surface area contributed by atoms with Crippen molar-refractivity contribution < 1.29 is 23.8 Å². The molecular weight excluding hydrogens is 301 g/mol. The number of halogens is 1. The average Bonchev–Trinajstić information content (AvgIpc) is 3.34. The third kappa shape index (κ3) is 3.69. The molecule has 1 heterocycles. The number of rotatable bonds is 5. The molecule has 0 radical (unpaired) electrons. The summed E-state index contributed by atoms with van der Waals surface area (Å²) < 4.78 is 18.3. The first-order valence-electron chi connectivity index (χ1n) is 7.92. The Morgan fingerprint density at radius 3 is 2.65 bits per heavy atom. The molecule has 4 atom stereocenters. The van der Waals surface area contributed by atoms with Crippen molar-refractivity contribution in [3.63, 3.8) is 0 Å². The lowest BCUT2D eigenvalue weighted by atomic mass is 9.93. The second kappa shape index (κ2) is 6.66. The number of nitrogens with one attached hydrogen (secondary N) is 1. The molecular formula is C17H20FNO4. The van der Waals surface area contributed by atoms with Crippen molar-refractivity contribution in [1.82, 2.24) is 5.32 Å². The van der Waals surface area contributed by atoms with E-state index in [4.69, 9.17) is 4.74 Å². The molecule has 1 aromatic carbocycles. The van der Waals surface area contributed by atoms with Gasteiger partial charge in [-0.05, 0) is 42.9 Å². The number of ether oxygens (including phenoxy) is 1. The van der Waals surface area contributed by atoms with Gasteiger partial charge in [-0.25, -0.2) is 9.18 Å².